The summed E-state index contributed by atoms with van der Waals surface area (Å²) in [7, 11) is 0. The number of nitrogen functional groups attached to an aromatic ring is 1. The second kappa shape index (κ2) is 16.1. The van der Waals surface area contributed by atoms with E-state index >= 15 is 0 Å². The second-order valence-electron chi connectivity index (χ2n) is 11.3. The number of rotatable bonds is 8. The summed E-state index contributed by atoms with van der Waals surface area (Å²) in [6.07, 6.45) is 8.43. The molecule has 0 saturated heterocycles. The summed E-state index contributed by atoms with van der Waals surface area (Å²) in [4.78, 5) is 25.8. The van der Waals surface area contributed by atoms with E-state index in [0.29, 0.717) is 48.4 Å². The van der Waals surface area contributed by atoms with Gasteiger partial charge in [-0.05, 0) is 106 Å². The smallest absolute Gasteiger partial charge is 0.273 e. The van der Waals surface area contributed by atoms with Crippen LogP contribution in [-0.4, -0.2) is 11.6 Å². The molecule has 2 saturated carbocycles. The molecule has 2 aromatic carbocycles. The lowest BCUT2D eigenvalue weighted by atomic mass is 9.67. The first kappa shape index (κ1) is 34.6. The highest BCUT2D eigenvalue weighted by Gasteiger charge is 2.34. The standard InChI is InChI=1S/C31H38F3NO2.2C2H6/c1-19-3-6-25(18-28(19)35)30(37)24-13-9-22(10-14-24)21-7-11-23(12-8-21)29(36)16-5-20-4-15-26(27(32)17-20)31(2,33)34;2*1-2/h3-4,6,15,17-18,21-24H,5,7-14,16,35H2,1-2H3;2*1-2H3. The highest BCUT2D eigenvalue weighted by Crippen LogP contribution is 2.42. The van der Waals surface area contributed by atoms with Gasteiger partial charge >= 0.3 is 0 Å². The van der Waals surface area contributed by atoms with E-state index in [4.69, 9.17) is 5.73 Å². The molecule has 0 spiro atoms. The van der Waals surface area contributed by atoms with E-state index in [1.807, 2.05) is 46.8 Å². The molecule has 4 rings (SSSR count). The first-order chi connectivity index (χ1) is 19.5. The van der Waals surface area contributed by atoms with Crippen molar-refractivity contribution in [2.75, 3.05) is 5.73 Å². The SMILES string of the molecule is CC.CC.Cc1ccc(C(=O)C2CCC(C3CCC(C(=O)CCc4ccc(C(C)(F)F)c(F)c4)CC3)CC2)cc1N. The van der Waals surface area contributed by atoms with Crippen LogP contribution in [0.15, 0.2) is 36.4 Å². The molecule has 2 fully saturated rings. The zero-order chi connectivity index (χ0) is 30.7. The Morgan fingerprint density at radius 1 is 0.829 bits per heavy atom. The molecule has 6 heteroatoms. The number of hydrogen-bond donors (Lipinski definition) is 1. The molecule has 0 amide bonds. The van der Waals surface area contributed by atoms with Gasteiger partial charge in [0.05, 0.1) is 5.56 Å². The fraction of sp³-hybridized carbons (Fsp3) is 0.600. The summed E-state index contributed by atoms with van der Waals surface area (Å²) in [5.74, 6) is -2.43. The third-order valence-electron chi connectivity index (χ3n) is 8.77. The summed E-state index contributed by atoms with van der Waals surface area (Å²) < 4.78 is 40.9. The van der Waals surface area contributed by atoms with Crippen LogP contribution in [0.1, 0.15) is 119 Å². The Hall–Kier alpha value is -2.63. The molecule has 41 heavy (non-hydrogen) atoms. The number of aryl methyl sites for hydroxylation is 2. The van der Waals surface area contributed by atoms with Crippen molar-refractivity contribution in [2.45, 2.75) is 112 Å². The van der Waals surface area contributed by atoms with E-state index in [0.717, 1.165) is 69.1 Å². The van der Waals surface area contributed by atoms with Gasteiger partial charge in [0.15, 0.2) is 5.78 Å². The Morgan fingerprint density at radius 3 is 1.85 bits per heavy atom. The van der Waals surface area contributed by atoms with Gasteiger partial charge in [0.1, 0.15) is 11.6 Å². The molecule has 0 unspecified atom stereocenters. The molecule has 3 nitrogen and oxygen atoms in total. The summed E-state index contributed by atoms with van der Waals surface area (Å²) in [5.41, 5.74) is 8.33. The first-order valence-electron chi connectivity index (χ1n) is 15.6. The lowest BCUT2D eigenvalue weighted by Gasteiger charge is -2.37. The lowest BCUT2D eigenvalue weighted by molar-refractivity contribution is -0.124. The van der Waals surface area contributed by atoms with Gasteiger partial charge in [-0.15, -0.1) is 0 Å². The average Bonchev–Trinajstić information content (AvgIpc) is 2.98. The van der Waals surface area contributed by atoms with Gasteiger partial charge in [0, 0.05) is 36.4 Å². The number of Topliss-reactive ketones (excluding diaryl/α,β-unsaturated/α-hetero) is 2. The Balaban J connectivity index is 0.00000141. The quantitative estimate of drug-likeness (QED) is 0.252. The zero-order valence-corrected chi connectivity index (χ0v) is 25.9. The van der Waals surface area contributed by atoms with Crippen molar-refractivity contribution < 1.29 is 22.8 Å². The van der Waals surface area contributed by atoms with E-state index in [1.165, 1.54) is 6.07 Å². The summed E-state index contributed by atoms with van der Waals surface area (Å²) in [5, 5.41) is 0. The maximum absolute atomic E-state index is 14.0. The fourth-order valence-electron chi connectivity index (χ4n) is 6.34. The minimum atomic E-state index is -3.22. The Labute approximate surface area is 245 Å². The van der Waals surface area contributed by atoms with Crippen LogP contribution in [-0.2, 0) is 17.1 Å². The van der Waals surface area contributed by atoms with Crippen LogP contribution in [0, 0.1) is 36.4 Å². The van der Waals surface area contributed by atoms with Crippen molar-refractivity contribution >= 4 is 17.3 Å². The summed E-state index contributed by atoms with van der Waals surface area (Å²) in [6.45, 7) is 10.6. The molecule has 2 aliphatic carbocycles. The number of hydrogen-bond acceptors (Lipinski definition) is 3. The van der Waals surface area contributed by atoms with Crippen LogP contribution in [0.4, 0.5) is 18.9 Å². The molecule has 2 aromatic rings. The Morgan fingerprint density at radius 2 is 1.37 bits per heavy atom. The molecule has 0 heterocycles. The molecule has 0 aliphatic heterocycles. The van der Waals surface area contributed by atoms with Gasteiger partial charge in [0.2, 0.25) is 0 Å². The minimum Gasteiger partial charge on any atom is -0.398 e. The molecular formula is C35H50F3NO2. The van der Waals surface area contributed by atoms with Crippen molar-refractivity contribution in [3.8, 4) is 0 Å². The van der Waals surface area contributed by atoms with Gasteiger partial charge in [-0.3, -0.25) is 9.59 Å². The number of ketones is 2. The normalized spacial score (nSPS) is 22.5. The van der Waals surface area contributed by atoms with E-state index in [1.54, 1.807) is 6.07 Å². The minimum absolute atomic E-state index is 0.0326. The molecule has 2 N–H and O–H groups in total. The summed E-state index contributed by atoms with van der Waals surface area (Å²) in [6, 6.07) is 9.35. The number of benzene rings is 2. The largest absolute Gasteiger partial charge is 0.398 e. The van der Waals surface area contributed by atoms with Crippen molar-refractivity contribution in [3.05, 3.63) is 64.5 Å². The van der Waals surface area contributed by atoms with E-state index in [9.17, 15) is 22.8 Å². The first-order valence-corrected chi connectivity index (χ1v) is 15.6. The molecule has 0 radical (unpaired) electrons. The second-order valence-corrected chi connectivity index (χ2v) is 11.3. The van der Waals surface area contributed by atoms with Gasteiger partial charge in [-0.1, -0.05) is 45.9 Å². The van der Waals surface area contributed by atoms with Crippen molar-refractivity contribution in [1.29, 1.82) is 0 Å². The van der Waals surface area contributed by atoms with Crippen molar-refractivity contribution in [1.82, 2.24) is 0 Å². The monoisotopic (exact) mass is 573 g/mol. The number of alkyl halides is 2. The summed E-state index contributed by atoms with van der Waals surface area (Å²) >= 11 is 0. The predicted molar refractivity (Wildman–Crippen MR) is 163 cm³/mol. The van der Waals surface area contributed by atoms with Crippen molar-refractivity contribution in [2.24, 2.45) is 23.7 Å². The molecular weight excluding hydrogens is 523 g/mol. The Kier molecular flexibility index (Phi) is 13.6. The average molecular weight is 574 g/mol. The van der Waals surface area contributed by atoms with Gasteiger partial charge in [-0.25, -0.2) is 13.2 Å². The molecule has 2 aliphatic rings. The molecule has 0 atom stereocenters. The number of carbonyl (C=O) groups excluding carboxylic acids is 2. The predicted octanol–water partition coefficient (Wildman–Crippen LogP) is 9.88. The van der Waals surface area contributed by atoms with Crippen LogP contribution in [0.25, 0.3) is 0 Å². The van der Waals surface area contributed by atoms with Crippen LogP contribution in [0.2, 0.25) is 0 Å². The third-order valence-corrected chi connectivity index (χ3v) is 8.77. The fourth-order valence-corrected chi connectivity index (χ4v) is 6.34. The van der Waals surface area contributed by atoms with Crippen molar-refractivity contribution in [3.63, 3.8) is 0 Å². The van der Waals surface area contributed by atoms with Gasteiger partial charge in [0.25, 0.3) is 5.92 Å². The molecule has 0 bridgehead atoms. The topological polar surface area (TPSA) is 60.2 Å². The Bertz CT molecular complexity index is 1120. The van der Waals surface area contributed by atoms with E-state index in [-0.39, 0.29) is 23.4 Å². The third kappa shape index (κ3) is 9.44. The maximum atomic E-state index is 14.0. The highest BCUT2D eigenvalue weighted by atomic mass is 19.3. The number of anilines is 1. The number of halogens is 3. The molecule has 228 valence electrons. The van der Waals surface area contributed by atoms with Crippen LogP contribution >= 0.6 is 0 Å². The molecule has 0 aromatic heterocycles. The lowest BCUT2D eigenvalue weighted by Crippen LogP contribution is -2.30. The van der Waals surface area contributed by atoms with E-state index < -0.39 is 17.3 Å². The van der Waals surface area contributed by atoms with E-state index in [2.05, 4.69) is 0 Å². The van der Waals surface area contributed by atoms with Gasteiger partial charge < -0.3 is 5.73 Å². The van der Waals surface area contributed by atoms with Crippen LogP contribution in [0.5, 0.6) is 0 Å². The zero-order valence-electron chi connectivity index (χ0n) is 25.9. The highest BCUT2D eigenvalue weighted by molar-refractivity contribution is 5.98. The number of carbonyl (C=O) groups is 2. The number of nitrogens with two attached hydrogens (primary N) is 1. The van der Waals surface area contributed by atoms with Crippen LogP contribution < -0.4 is 5.73 Å². The van der Waals surface area contributed by atoms with Gasteiger partial charge in [-0.2, -0.15) is 0 Å². The maximum Gasteiger partial charge on any atom is 0.273 e. The van der Waals surface area contributed by atoms with Crippen LogP contribution in [0.3, 0.4) is 0 Å².